The quantitative estimate of drug-likeness (QED) is 0.855. The average Bonchev–Trinajstić information content (AvgIpc) is 2.46. The van der Waals surface area contributed by atoms with Crippen LogP contribution in [0.2, 0.25) is 0 Å². The molecule has 0 unspecified atom stereocenters. The molecule has 0 amide bonds. The molecule has 3 nitrogen and oxygen atoms in total. The van der Waals surface area contributed by atoms with Gasteiger partial charge in [-0.25, -0.2) is 4.98 Å². The summed E-state index contributed by atoms with van der Waals surface area (Å²) < 4.78 is 0. The molecule has 0 bridgehead atoms. The van der Waals surface area contributed by atoms with E-state index in [1.165, 1.54) is 5.56 Å². The van der Waals surface area contributed by atoms with Gasteiger partial charge in [0.15, 0.2) is 0 Å². The Balaban J connectivity index is 2.04. The lowest BCUT2D eigenvalue weighted by atomic mass is 10.2. The van der Waals surface area contributed by atoms with Gasteiger partial charge in [-0.1, -0.05) is 43.3 Å². The standard InChI is InChI=1S/C16H21N3/c1-3-12-17-15-10-7-11-16(18-15)19(2)13-14-8-5-4-6-9-14/h4-11H,3,12-13H2,1-2H3,(H,17,18). The lowest BCUT2D eigenvalue weighted by Gasteiger charge is -2.19. The highest BCUT2D eigenvalue weighted by Gasteiger charge is 2.04. The number of nitrogens with zero attached hydrogens (tertiary/aromatic N) is 2. The Hall–Kier alpha value is -2.03. The Morgan fingerprint density at radius 3 is 2.58 bits per heavy atom. The molecule has 0 radical (unpaired) electrons. The van der Waals surface area contributed by atoms with Gasteiger partial charge in [-0.3, -0.25) is 0 Å². The Morgan fingerprint density at radius 2 is 1.84 bits per heavy atom. The molecule has 1 N–H and O–H groups in total. The second-order valence-electron chi connectivity index (χ2n) is 4.65. The molecule has 1 aromatic heterocycles. The van der Waals surface area contributed by atoms with Crippen molar-refractivity contribution in [3.63, 3.8) is 0 Å². The molecule has 0 atom stereocenters. The largest absolute Gasteiger partial charge is 0.370 e. The average molecular weight is 255 g/mol. The van der Waals surface area contributed by atoms with Crippen LogP contribution in [-0.4, -0.2) is 18.6 Å². The lowest BCUT2D eigenvalue weighted by molar-refractivity contribution is 0.894. The first-order valence-electron chi connectivity index (χ1n) is 6.75. The lowest BCUT2D eigenvalue weighted by Crippen LogP contribution is -2.18. The van der Waals surface area contributed by atoms with Gasteiger partial charge in [0, 0.05) is 20.1 Å². The van der Waals surface area contributed by atoms with Crippen LogP contribution in [0.25, 0.3) is 0 Å². The maximum absolute atomic E-state index is 4.62. The third-order valence-corrected chi connectivity index (χ3v) is 2.94. The van der Waals surface area contributed by atoms with Gasteiger partial charge < -0.3 is 10.2 Å². The molecule has 2 rings (SSSR count). The summed E-state index contributed by atoms with van der Waals surface area (Å²) in [7, 11) is 2.07. The second kappa shape index (κ2) is 6.78. The topological polar surface area (TPSA) is 28.2 Å². The van der Waals surface area contributed by atoms with Crippen molar-refractivity contribution in [1.29, 1.82) is 0 Å². The smallest absolute Gasteiger partial charge is 0.130 e. The first-order chi connectivity index (χ1) is 9.29. The summed E-state index contributed by atoms with van der Waals surface area (Å²) in [6.07, 6.45) is 1.10. The van der Waals surface area contributed by atoms with Crippen molar-refractivity contribution in [3.8, 4) is 0 Å². The number of hydrogen-bond acceptors (Lipinski definition) is 3. The highest BCUT2D eigenvalue weighted by molar-refractivity contribution is 5.46. The number of anilines is 2. The summed E-state index contributed by atoms with van der Waals surface area (Å²) in [6.45, 7) is 3.97. The van der Waals surface area contributed by atoms with E-state index in [2.05, 4.69) is 53.4 Å². The fraction of sp³-hybridized carbons (Fsp3) is 0.312. The Bertz CT molecular complexity index is 496. The van der Waals surface area contributed by atoms with E-state index in [-0.39, 0.29) is 0 Å². The van der Waals surface area contributed by atoms with E-state index in [0.29, 0.717) is 0 Å². The monoisotopic (exact) mass is 255 g/mol. The van der Waals surface area contributed by atoms with E-state index >= 15 is 0 Å². The van der Waals surface area contributed by atoms with Crippen molar-refractivity contribution in [1.82, 2.24) is 4.98 Å². The minimum atomic E-state index is 0.866. The molecule has 0 saturated heterocycles. The van der Waals surface area contributed by atoms with Gasteiger partial charge in [0.2, 0.25) is 0 Å². The SMILES string of the molecule is CCCNc1cccc(N(C)Cc2ccccc2)n1. The molecule has 0 aliphatic carbocycles. The molecule has 0 saturated carbocycles. The van der Waals surface area contributed by atoms with Gasteiger partial charge in [0.25, 0.3) is 0 Å². The predicted molar refractivity (Wildman–Crippen MR) is 81.6 cm³/mol. The predicted octanol–water partition coefficient (Wildman–Crippen LogP) is 3.54. The van der Waals surface area contributed by atoms with E-state index < -0.39 is 0 Å². The Labute approximate surface area is 115 Å². The first kappa shape index (κ1) is 13.4. The minimum absolute atomic E-state index is 0.866. The van der Waals surface area contributed by atoms with Crippen LogP contribution in [0.3, 0.4) is 0 Å². The normalized spacial score (nSPS) is 10.2. The van der Waals surface area contributed by atoms with Crippen LogP contribution < -0.4 is 10.2 Å². The summed E-state index contributed by atoms with van der Waals surface area (Å²) in [4.78, 5) is 6.78. The van der Waals surface area contributed by atoms with Crippen molar-refractivity contribution in [2.24, 2.45) is 0 Å². The van der Waals surface area contributed by atoms with Crippen LogP contribution in [-0.2, 0) is 6.54 Å². The third kappa shape index (κ3) is 3.98. The van der Waals surface area contributed by atoms with Gasteiger partial charge >= 0.3 is 0 Å². The molecular formula is C16H21N3. The summed E-state index contributed by atoms with van der Waals surface area (Å²) in [5, 5.41) is 3.32. The maximum Gasteiger partial charge on any atom is 0.130 e. The van der Waals surface area contributed by atoms with Gasteiger partial charge in [0.1, 0.15) is 11.6 Å². The van der Waals surface area contributed by atoms with Crippen molar-refractivity contribution in [3.05, 3.63) is 54.1 Å². The number of benzene rings is 1. The van der Waals surface area contributed by atoms with Crippen LogP contribution in [0.5, 0.6) is 0 Å². The summed E-state index contributed by atoms with van der Waals surface area (Å²) in [5.41, 5.74) is 1.29. The van der Waals surface area contributed by atoms with E-state index in [9.17, 15) is 0 Å². The number of aromatic nitrogens is 1. The van der Waals surface area contributed by atoms with Crippen molar-refractivity contribution in [2.75, 3.05) is 23.8 Å². The Morgan fingerprint density at radius 1 is 1.05 bits per heavy atom. The number of nitrogens with one attached hydrogen (secondary N) is 1. The van der Waals surface area contributed by atoms with Crippen LogP contribution >= 0.6 is 0 Å². The molecule has 0 fully saturated rings. The van der Waals surface area contributed by atoms with Crippen LogP contribution in [0.4, 0.5) is 11.6 Å². The van der Waals surface area contributed by atoms with Crippen molar-refractivity contribution >= 4 is 11.6 Å². The summed E-state index contributed by atoms with van der Waals surface area (Å²) in [6, 6.07) is 16.5. The number of pyridine rings is 1. The molecule has 100 valence electrons. The number of rotatable bonds is 6. The van der Waals surface area contributed by atoms with Gasteiger partial charge in [0.05, 0.1) is 0 Å². The second-order valence-corrected chi connectivity index (χ2v) is 4.65. The van der Waals surface area contributed by atoms with Crippen LogP contribution in [0.15, 0.2) is 48.5 Å². The molecule has 1 aromatic carbocycles. The van der Waals surface area contributed by atoms with E-state index in [0.717, 1.165) is 31.1 Å². The van der Waals surface area contributed by atoms with Crippen molar-refractivity contribution < 1.29 is 0 Å². The van der Waals surface area contributed by atoms with Crippen molar-refractivity contribution in [2.45, 2.75) is 19.9 Å². The molecule has 0 spiro atoms. The summed E-state index contributed by atoms with van der Waals surface area (Å²) in [5.74, 6) is 1.93. The fourth-order valence-corrected chi connectivity index (χ4v) is 1.93. The van der Waals surface area contributed by atoms with E-state index in [1.54, 1.807) is 0 Å². The maximum atomic E-state index is 4.62. The zero-order valence-corrected chi connectivity index (χ0v) is 11.6. The van der Waals surface area contributed by atoms with Crippen LogP contribution in [0.1, 0.15) is 18.9 Å². The molecule has 3 heteroatoms. The minimum Gasteiger partial charge on any atom is -0.370 e. The molecule has 1 heterocycles. The first-order valence-corrected chi connectivity index (χ1v) is 6.75. The molecule has 2 aromatic rings. The molecule has 0 aliphatic heterocycles. The van der Waals surface area contributed by atoms with Gasteiger partial charge in [-0.05, 0) is 24.1 Å². The molecular weight excluding hydrogens is 234 g/mol. The third-order valence-electron chi connectivity index (χ3n) is 2.94. The zero-order valence-electron chi connectivity index (χ0n) is 11.6. The summed E-state index contributed by atoms with van der Waals surface area (Å²) >= 11 is 0. The van der Waals surface area contributed by atoms with Gasteiger partial charge in [-0.2, -0.15) is 0 Å². The molecule has 19 heavy (non-hydrogen) atoms. The van der Waals surface area contributed by atoms with Gasteiger partial charge in [-0.15, -0.1) is 0 Å². The van der Waals surface area contributed by atoms with E-state index in [1.807, 2.05) is 24.3 Å². The highest BCUT2D eigenvalue weighted by Crippen LogP contribution is 2.15. The molecule has 0 aliphatic rings. The number of hydrogen-bond donors (Lipinski definition) is 1. The fourth-order valence-electron chi connectivity index (χ4n) is 1.93. The van der Waals surface area contributed by atoms with E-state index in [4.69, 9.17) is 0 Å². The zero-order chi connectivity index (χ0) is 13.5. The highest BCUT2D eigenvalue weighted by atomic mass is 15.2. The van der Waals surface area contributed by atoms with Crippen LogP contribution in [0, 0.1) is 0 Å². The Kier molecular flexibility index (Phi) is 4.78.